The van der Waals surface area contributed by atoms with Crippen LogP contribution in [-0.4, -0.2) is 35.3 Å². The van der Waals surface area contributed by atoms with Crippen molar-refractivity contribution >= 4 is 6.21 Å². The van der Waals surface area contributed by atoms with E-state index >= 15 is 0 Å². The zero-order valence-electron chi connectivity index (χ0n) is 14.7. The fraction of sp³-hybridized carbons (Fsp3) is 0.158. The number of aryl methyl sites for hydroxylation is 1. The van der Waals surface area contributed by atoms with Crippen LogP contribution >= 0.6 is 0 Å². The fourth-order valence-corrected chi connectivity index (χ4v) is 2.41. The Bertz CT molecular complexity index is 997. The molecule has 0 saturated carbocycles. The first-order chi connectivity index (χ1) is 12.6. The lowest BCUT2D eigenvalue weighted by molar-refractivity contribution is 0.394. The molecule has 0 amide bonds. The second kappa shape index (κ2) is 7.60. The molecule has 0 atom stereocenters. The average molecular weight is 350 g/mol. The first kappa shape index (κ1) is 17.3. The molecule has 0 fully saturated rings. The minimum Gasteiger partial charge on any atom is -0.497 e. The number of rotatable bonds is 5. The third kappa shape index (κ3) is 3.46. The van der Waals surface area contributed by atoms with E-state index in [1.807, 2.05) is 18.2 Å². The Morgan fingerprint density at radius 2 is 1.81 bits per heavy atom. The summed E-state index contributed by atoms with van der Waals surface area (Å²) < 4.78 is 11.7. The van der Waals surface area contributed by atoms with Gasteiger partial charge in [0.2, 0.25) is 0 Å². The van der Waals surface area contributed by atoms with Gasteiger partial charge in [0.15, 0.2) is 11.5 Å². The summed E-state index contributed by atoms with van der Waals surface area (Å²) in [4.78, 5) is 12.8. The van der Waals surface area contributed by atoms with Crippen molar-refractivity contribution in [3.8, 4) is 22.8 Å². The summed E-state index contributed by atoms with van der Waals surface area (Å²) in [6, 6.07) is 14.5. The maximum absolute atomic E-state index is 12.8. The number of methoxy groups -OCH3 is 2. The lowest BCUT2D eigenvalue weighted by atomic mass is 10.2. The molecule has 0 saturated heterocycles. The van der Waals surface area contributed by atoms with Gasteiger partial charge in [0, 0.05) is 17.2 Å². The van der Waals surface area contributed by atoms with Crippen molar-refractivity contribution < 1.29 is 9.47 Å². The maximum atomic E-state index is 12.8. The summed E-state index contributed by atoms with van der Waals surface area (Å²) in [7, 11) is 3.14. The van der Waals surface area contributed by atoms with Gasteiger partial charge in [0.05, 0.1) is 20.4 Å². The molecule has 132 valence electrons. The third-order valence-corrected chi connectivity index (χ3v) is 3.80. The first-order valence-corrected chi connectivity index (χ1v) is 7.92. The molecule has 0 aliphatic rings. The molecule has 0 radical (unpaired) electrons. The summed E-state index contributed by atoms with van der Waals surface area (Å²) in [6.45, 7) is 1.67. The van der Waals surface area contributed by atoms with Crippen molar-refractivity contribution in [2.75, 3.05) is 14.2 Å². The van der Waals surface area contributed by atoms with Gasteiger partial charge >= 0.3 is 5.56 Å². The van der Waals surface area contributed by atoms with Crippen LogP contribution in [0.15, 0.2) is 58.4 Å². The van der Waals surface area contributed by atoms with Crippen LogP contribution in [0.5, 0.6) is 11.5 Å². The molecule has 7 heteroatoms. The van der Waals surface area contributed by atoms with Crippen molar-refractivity contribution in [2.45, 2.75) is 6.92 Å². The zero-order valence-corrected chi connectivity index (χ0v) is 14.7. The van der Waals surface area contributed by atoms with Gasteiger partial charge in [-0.15, -0.1) is 10.2 Å². The molecule has 1 aromatic heterocycles. The number of hydrogen-bond acceptors (Lipinski definition) is 6. The topological polar surface area (TPSA) is 78.6 Å². The third-order valence-electron chi connectivity index (χ3n) is 3.80. The highest BCUT2D eigenvalue weighted by Crippen LogP contribution is 2.23. The SMILES string of the molecule is COc1ccc(/C=N\n2c(C)nnc(-c3ccccc3)c2=O)c(OC)c1. The number of hydrogen-bond donors (Lipinski definition) is 0. The molecule has 3 aromatic rings. The summed E-state index contributed by atoms with van der Waals surface area (Å²) in [5, 5.41) is 12.3. The van der Waals surface area contributed by atoms with E-state index in [-0.39, 0.29) is 11.3 Å². The monoisotopic (exact) mass is 350 g/mol. The van der Waals surface area contributed by atoms with Gasteiger partial charge < -0.3 is 9.47 Å². The average Bonchev–Trinajstić information content (AvgIpc) is 2.68. The Balaban J connectivity index is 2.03. The Kier molecular flexibility index (Phi) is 5.07. The Morgan fingerprint density at radius 1 is 1.04 bits per heavy atom. The second-order valence-corrected chi connectivity index (χ2v) is 5.43. The minimum absolute atomic E-state index is 0.245. The Morgan fingerprint density at radius 3 is 2.50 bits per heavy atom. The Hall–Kier alpha value is -3.48. The van der Waals surface area contributed by atoms with Crippen LogP contribution < -0.4 is 15.0 Å². The van der Waals surface area contributed by atoms with E-state index in [2.05, 4.69) is 15.3 Å². The normalized spacial score (nSPS) is 10.9. The van der Waals surface area contributed by atoms with Gasteiger partial charge in [-0.3, -0.25) is 4.79 Å². The van der Waals surface area contributed by atoms with Crippen molar-refractivity contribution in [1.82, 2.24) is 14.9 Å². The van der Waals surface area contributed by atoms with E-state index < -0.39 is 0 Å². The molecule has 0 bridgehead atoms. The molecular weight excluding hydrogens is 332 g/mol. The van der Waals surface area contributed by atoms with Gasteiger partial charge in [-0.1, -0.05) is 30.3 Å². The summed E-state index contributed by atoms with van der Waals surface area (Å²) in [5.74, 6) is 1.65. The van der Waals surface area contributed by atoms with Crippen molar-refractivity contribution in [3.05, 3.63) is 70.3 Å². The molecule has 1 heterocycles. The van der Waals surface area contributed by atoms with Gasteiger partial charge in [-0.25, -0.2) is 0 Å². The number of nitrogens with zero attached hydrogens (tertiary/aromatic N) is 4. The fourth-order valence-electron chi connectivity index (χ4n) is 2.41. The summed E-state index contributed by atoms with van der Waals surface area (Å²) in [5.41, 5.74) is 1.30. The zero-order chi connectivity index (χ0) is 18.5. The van der Waals surface area contributed by atoms with Crippen molar-refractivity contribution in [1.29, 1.82) is 0 Å². The molecule has 0 unspecified atom stereocenters. The number of aromatic nitrogens is 3. The maximum Gasteiger partial charge on any atom is 0.301 e. The smallest absolute Gasteiger partial charge is 0.301 e. The van der Waals surface area contributed by atoms with Crippen LogP contribution in [0.2, 0.25) is 0 Å². The summed E-state index contributed by atoms with van der Waals surface area (Å²) >= 11 is 0. The highest BCUT2D eigenvalue weighted by Gasteiger charge is 2.11. The molecule has 0 N–H and O–H groups in total. The molecule has 0 aliphatic heterocycles. The van der Waals surface area contributed by atoms with Crippen LogP contribution in [-0.2, 0) is 0 Å². The molecule has 0 spiro atoms. The first-order valence-electron chi connectivity index (χ1n) is 7.92. The predicted octanol–water partition coefficient (Wildman–Crippen LogP) is 2.51. The number of ether oxygens (including phenoxy) is 2. The van der Waals surface area contributed by atoms with Crippen LogP contribution in [0.1, 0.15) is 11.4 Å². The molecule has 0 aliphatic carbocycles. The predicted molar refractivity (Wildman–Crippen MR) is 99.0 cm³/mol. The van der Waals surface area contributed by atoms with Gasteiger partial charge in [-0.05, 0) is 19.1 Å². The highest BCUT2D eigenvalue weighted by molar-refractivity contribution is 5.83. The van der Waals surface area contributed by atoms with E-state index in [1.165, 1.54) is 4.68 Å². The largest absolute Gasteiger partial charge is 0.497 e. The van der Waals surface area contributed by atoms with E-state index in [0.29, 0.717) is 28.5 Å². The molecule has 2 aromatic carbocycles. The van der Waals surface area contributed by atoms with E-state index in [4.69, 9.17) is 9.47 Å². The molecule has 3 rings (SSSR count). The van der Waals surface area contributed by atoms with Crippen LogP contribution in [0.3, 0.4) is 0 Å². The Labute approximate surface area is 150 Å². The molecular formula is C19H18N4O3. The number of benzene rings is 2. The quantitative estimate of drug-likeness (QED) is 0.661. The van der Waals surface area contributed by atoms with Crippen LogP contribution in [0, 0.1) is 6.92 Å². The van der Waals surface area contributed by atoms with Crippen molar-refractivity contribution in [2.24, 2.45) is 5.10 Å². The van der Waals surface area contributed by atoms with Crippen LogP contribution in [0.4, 0.5) is 0 Å². The molecule has 7 nitrogen and oxygen atoms in total. The lowest BCUT2D eigenvalue weighted by Crippen LogP contribution is -2.24. The van der Waals surface area contributed by atoms with Crippen molar-refractivity contribution in [3.63, 3.8) is 0 Å². The lowest BCUT2D eigenvalue weighted by Gasteiger charge is -2.08. The molecule has 26 heavy (non-hydrogen) atoms. The minimum atomic E-state index is -0.340. The van der Waals surface area contributed by atoms with Crippen LogP contribution in [0.25, 0.3) is 11.3 Å². The second-order valence-electron chi connectivity index (χ2n) is 5.43. The van der Waals surface area contributed by atoms with E-state index in [0.717, 1.165) is 0 Å². The van der Waals surface area contributed by atoms with Gasteiger partial charge in [-0.2, -0.15) is 9.78 Å². The standard InChI is InChI=1S/C19H18N4O3/c1-13-21-22-18(14-7-5-4-6-8-14)19(24)23(13)20-12-15-9-10-16(25-2)11-17(15)26-3/h4-12H,1-3H3/b20-12-. The van der Waals surface area contributed by atoms with Gasteiger partial charge in [0.1, 0.15) is 11.5 Å². The summed E-state index contributed by atoms with van der Waals surface area (Å²) in [6.07, 6.45) is 1.54. The van der Waals surface area contributed by atoms with Gasteiger partial charge in [0.25, 0.3) is 0 Å². The highest BCUT2D eigenvalue weighted by atomic mass is 16.5. The van der Waals surface area contributed by atoms with E-state index in [9.17, 15) is 4.79 Å². The van der Waals surface area contributed by atoms with E-state index in [1.54, 1.807) is 57.7 Å².